The summed E-state index contributed by atoms with van der Waals surface area (Å²) in [5.41, 5.74) is 0. The van der Waals surface area contributed by atoms with E-state index in [9.17, 15) is 28.0 Å². The van der Waals surface area contributed by atoms with Crippen LogP contribution in [0.3, 0.4) is 0 Å². The molecule has 4 N–H and O–H groups in total. The van der Waals surface area contributed by atoms with Crippen LogP contribution in [-0.2, 0) is 14.9 Å². The Labute approximate surface area is 277 Å². The lowest BCUT2D eigenvalue weighted by Crippen LogP contribution is -2.50. The molecule has 0 saturated carbocycles. The zero-order chi connectivity index (χ0) is 33.4. The minimum atomic E-state index is -4.44. The van der Waals surface area contributed by atoms with Crippen molar-refractivity contribution in [3.63, 3.8) is 0 Å². The van der Waals surface area contributed by atoms with Gasteiger partial charge < -0.3 is 15.5 Å². The summed E-state index contributed by atoms with van der Waals surface area (Å²) in [4.78, 5) is 12.5. The van der Waals surface area contributed by atoms with E-state index in [-0.39, 0.29) is 6.42 Å². The number of aliphatic hydroxyl groups excluding tert-OH is 2. The third-order valence-corrected chi connectivity index (χ3v) is 9.27. The molecule has 0 spiro atoms. The van der Waals surface area contributed by atoms with Crippen molar-refractivity contribution < 1.29 is 28.0 Å². The van der Waals surface area contributed by atoms with Crippen molar-refractivity contribution in [2.24, 2.45) is 0 Å². The van der Waals surface area contributed by atoms with Crippen LogP contribution >= 0.6 is 0 Å². The summed E-state index contributed by atoms with van der Waals surface area (Å²) in [6.07, 6.45) is 35.4. The molecule has 0 bridgehead atoms. The third kappa shape index (κ3) is 31.2. The number of nitrogens with one attached hydrogen (secondary N) is 1. The van der Waals surface area contributed by atoms with E-state index in [1.807, 2.05) is 0 Å². The van der Waals surface area contributed by atoms with Crippen LogP contribution in [-0.4, -0.2) is 53.1 Å². The van der Waals surface area contributed by atoms with Crippen LogP contribution in [0.15, 0.2) is 24.3 Å². The van der Waals surface area contributed by atoms with Gasteiger partial charge in [0.2, 0.25) is 5.91 Å². The zero-order valence-electron chi connectivity index (χ0n) is 29.1. The van der Waals surface area contributed by atoms with Gasteiger partial charge in [-0.1, -0.05) is 173 Å². The second-order valence-electron chi connectivity index (χ2n) is 13.0. The molecule has 0 saturated heterocycles. The SMILES string of the molecule is CCCCCCCCCCCCCCCC/C=C/CC/C=C/C(O)C(CS(=O)(=O)O)NC(=O)C(O)CCCCCCCCCC. The number of unbranched alkanes of at least 4 members (excludes halogenated alkanes) is 22. The topological polar surface area (TPSA) is 124 Å². The summed E-state index contributed by atoms with van der Waals surface area (Å²) >= 11 is 0. The van der Waals surface area contributed by atoms with Gasteiger partial charge in [-0.3, -0.25) is 9.35 Å². The summed E-state index contributed by atoms with van der Waals surface area (Å²) in [5, 5.41) is 23.2. The average molecular weight is 658 g/mol. The van der Waals surface area contributed by atoms with Gasteiger partial charge in [-0.25, -0.2) is 0 Å². The van der Waals surface area contributed by atoms with E-state index in [2.05, 4.69) is 31.3 Å². The molecule has 0 radical (unpaired) electrons. The molecule has 3 atom stereocenters. The highest BCUT2D eigenvalue weighted by Crippen LogP contribution is 2.14. The average Bonchev–Trinajstić information content (AvgIpc) is 3.00. The Morgan fingerprint density at radius 2 is 1.00 bits per heavy atom. The number of rotatable bonds is 33. The summed E-state index contributed by atoms with van der Waals surface area (Å²) in [5.74, 6) is -1.56. The van der Waals surface area contributed by atoms with E-state index >= 15 is 0 Å². The Morgan fingerprint density at radius 1 is 0.600 bits per heavy atom. The van der Waals surface area contributed by atoms with Crippen molar-refractivity contribution in [3.05, 3.63) is 24.3 Å². The number of carbonyl (C=O) groups is 1. The Bertz CT molecular complexity index is 829. The maximum atomic E-state index is 12.5. The Morgan fingerprint density at radius 3 is 1.47 bits per heavy atom. The van der Waals surface area contributed by atoms with Gasteiger partial charge in [0.05, 0.1) is 17.9 Å². The van der Waals surface area contributed by atoms with Crippen molar-refractivity contribution >= 4 is 16.0 Å². The van der Waals surface area contributed by atoms with Crippen molar-refractivity contribution in [1.82, 2.24) is 5.32 Å². The predicted molar refractivity (Wildman–Crippen MR) is 190 cm³/mol. The highest BCUT2D eigenvalue weighted by Gasteiger charge is 2.27. The molecule has 0 aromatic heterocycles. The quantitative estimate of drug-likeness (QED) is 0.0317. The number of amides is 1. The van der Waals surface area contributed by atoms with Crippen molar-refractivity contribution in [1.29, 1.82) is 0 Å². The fourth-order valence-electron chi connectivity index (χ4n) is 5.59. The lowest BCUT2D eigenvalue weighted by atomic mass is 10.0. The van der Waals surface area contributed by atoms with E-state index in [4.69, 9.17) is 0 Å². The normalized spacial score (nSPS) is 14.3. The highest BCUT2D eigenvalue weighted by atomic mass is 32.2. The Hall–Kier alpha value is -1.22. The molecule has 0 aliphatic rings. The Kier molecular flexibility index (Phi) is 30.5. The molecule has 3 unspecified atom stereocenters. The highest BCUT2D eigenvalue weighted by molar-refractivity contribution is 7.85. The van der Waals surface area contributed by atoms with Gasteiger partial charge in [0.15, 0.2) is 0 Å². The van der Waals surface area contributed by atoms with Gasteiger partial charge in [-0.15, -0.1) is 0 Å². The molecule has 0 heterocycles. The van der Waals surface area contributed by atoms with Gasteiger partial charge in [0.1, 0.15) is 6.10 Å². The molecule has 8 heteroatoms. The second kappa shape index (κ2) is 31.4. The third-order valence-electron chi connectivity index (χ3n) is 8.49. The van der Waals surface area contributed by atoms with Crippen molar-refractivity contribution in [3.8, 4) is 0 Å². The molecule has 45 heavy (non-hydrogen) atoms. The van der Waals surface area contributed by atoms with Crippen LogP contribution < -0.4 is 5.32 Å². The van der Waals surface area contributed by atoms with E-state index in [0.717, 1.165) is 32.1 Å². The minimum absolute atomic E-state index is 0.275. The monoisotopic (exact) mass is 658 g/mol. The van der Waals surface area contributed by atoms with Gasteiger partial charge in [0.25, 0.3) is 10.1 Å². The molecule has 7 nitrogen and oxygen atoms in total. The molecular formula is C37H71NO6S. The summed E-state index contributed by atoms with van der Waals surface area (Å²) in [7, 11) is -4.44. The predicted octanol–water partition coefficient (Wildman–Crippen LogP) is 9.38. The van der Waals surface area contributed by atoms with Gasteiger partial charge in [-0.2, -0.15) is 8.42 Å². The summed E-state index contributed by atoms with van der Waals surface area (Å²) in [6, 6.07) is -1.24. The molecule has 0 fully saturated rings. The molecule has 266 valence electrons. The number of allylic oxidation sites excluding steroid dienone is 3. The van der Waals surface area contributed by atoms with Crippen LogP contribution in [0, 0.1) is 0 Å². The molecule has 0 rings (SSSR count). The lowest BCUT2D eigenvalue weighted by molar-refractivity contribution is -0.130. The molecular weight excluding hydrogens is 586 g/mol. The summed E-state index contributed by atoms with van der Waals surface area (Å²) < 4.78 is 32.3. The first kappa shape index (κ1) is 43.8. The van der Waals surface area contributed by atoms with E-state index < -0.39 is 40.0 Å². The standard InChI is InChI=1S/C37H71NO6S/c1-3-5-7-9-11-13-14-15-16-17-18-19-20-21-22-23-24-26-27-29-31-35(39)34(33-45(42,43)44)38-37(41)36(40)32-30-28-25-12-10-8-6-4-2/h23-24,29,31,34-36,39-40H,3-22,25-28,30,32-33H2,1-2H3,(H,38,41)(H,42,43,44)/b24-23+,31-29+. The smallest absolute Gasteiger partial charge is 0.267 e. The number of aliphatic hydroxyl groups is 2. The first-order chi connectivity index (χ1) is 21.7. The van der Waals surface area contributed by atoms with Gasteiger partial charge >= 0.3 is 0 Å². The first-order valence-electron chi connectivity index (χ1n) is 18.6. The molecule has 0 aliphatic heterocycles. The van der Waals surface area contributed by atoms with E-state index in [1.165, 1.54) is 122 Å². The number of hydrogen-bond acceptors (Lipinski definition) is 5. The largest absolute Gasteiger partial charge is 0.387 e. The van der Waals surface area contributed by atoms with E-state index in [1.54, 1.807) is 6.08 Å². The van der Waals surface area contributed by atoms with Gasteiger partial charge in [0, 0.05) is 0 Å². The minimum Gasteiger partial charge on any atom is -0.387 e. The summed E-state index contributed by atoms with van der Waals surface area (Å²) in [6.45, 7) is 4.45. The van der Waals surface area contributed by atoms with Crippen LogP contribution in [0.4, 0.5) is 0 Å². The lowest BCUT2D eigenvalue weighted by Gasteiger charge is -2.22. The molecule has 1 amide bonds. The van der Waals surface area contributed by atoms with Crippen molar-refractivity contribution in [2.75, 3.05) is 5.75 Å². The fraction of sp³-hybridized carbons (Fsp3) is 0.865. The Balaban J connectivity index is 4.07. The molecule has 0 aromatic rings. The van der Waals surface area contributed by atoms with Crippen LogP contribution in [0.1, 0.15) is 181 Å². The molecule has 0 aliphatic carbocycles. The zero-order valence-corrected chi connectivity index (χ0v) is 29.9. The van der Waals surface area contributed by atoms with E-state index in [0.29, 0.717) is 12.8 Å². The maximum absolute atomic E-state index is 12.5. The fourth-order valence-corrected chi connectivity index (χ4v) is 6.32. The van der Waals surface area contributed by atoms with Crippen LogP contribution in [0.5, 0.6) is 0 Å². The van der Waals surface area contributed by atoms with Crippen LogP contribution in [0.2, 0.25) is 0 Å². The first-order valence-corrected chi connectivity index (χ1v) is 20.3. The van der Waals surface area contributed by atoms with Crippen LogP contribution in [0.25, 0.3) is 0 Å². The number of hydrogen-bond donors (Lipinski definition) is 4. The maximum Gasteiger partial charge on any atom is 0.267 e. The van der Waals surface area contributed by atoms with Crippen molar-refractivity contribution in [2.45, 2.75) is 199 Å². The number of carbonyl (C=O) groups excluding carboxylic acids is 1. The second-order valence-corrected chi connectivity index (χ2v) is 14.5. The molecule has 0 aromatic carbocycles. The van der Waals surface area contributed by atoms with Gasteiger partial charge in [-0.05, 0) is 32.1 Å².